The topological polar surface area (TPSA) is 77.7 Å². The number of methoxy groups -OCH3 is 1. The monoisotopic (exact) mass is 381 g/mol. The van der Waals surface area contributed by atoms with Crippen molar-refractivity contribution < 1.29 is 18.8 Å². The lowest BCUT2D eigenvalue weighted by Crippen LogP contribution is -2.40. The van der Waals surface area contributed by atoms with Gasteiger partial charge in [0, 0.05) is 12.1 Å². The van der Waals surface area contributed by atoms with Crippen molar-refractivity contribution in [3.05, 3.63) is 60.5 Å². The lowest BCUT2D eigenvalue weighted by Gasteiger charge is -2.23. The molecule has 0 saturated heterocycles. The van der Waals surface area contributed by atoms with Crippen molar-refractivity contribution in [2.24, 2.45) is 0 Å². The van der Waals surface area contributed by atoms with Gasteiger partial charge in [-0.3, -0.25) is 4.79 Å². The van der Waals surface area contributed by atoms with E-state index in [1.165, 1.54) is 0 Å². The third-order valence-electron chi connectivity index (χ3n) is 4.24. The van der Waals surface area contributed by atoms with Crippen LogP contribution in [0.2, 0.25) is 0 Å². The maximum atomic E-state index is 12.7. The van der Waals surface area contributed by atoms with Crippen LogP contribution >= 0.6 is 0 Å². The number of ether oxygens (including phenoxy) is 2. The molecule has 0 aliphatic heterocycles. The average Bonchev–Trinajstić information content (AvgIpc) is 3.21. The van der Waals surface area contributed by atoms with Crippen molar-refractivity contribution in [3.8, 4) is 22.9 Å². The highest BCUT2D eigenvalue weighted by atomic mass is 16.5. The van der Waals surface area contributed by atoms with Gasteiger partial charge in [0.05, 0.1) is 7.11 Å². The molecule has 28 heavy (non-hydrogen) atoms. The van der Waals surface area contributed by atoms with Crippen molar-refractivity contribution in [1.82, 2.24) is 15.0 Å². The Kier molecular flexibility index (Phi) is 6.26. The summed E-state index contributed by atoms with van der Waals surface area (Å²) in [5, 5.41) is 4.01. The summed E-state index contributed by atoms with van der Waals surface area (Å²) in [6.45, 7) is 4.35. The van der Waals surface area contributed by atoms with Crippen molar-refractivity contribution in [2.45, 2.75) is 26.5 Å². The van der Waals surface area contributed by atoms with E-state index in [-0.39, 0.29) is 12.5 Å². The Balaban J connectivity index is 1.65. The summed E-state index contributed by atoms with van der Waals surface area (Å²) < 4.78 is 16.2. The number of aromatic nitrogens is 2. The first kappa shape index (κ1) is 19.4. The highest BCUT2D eigenvalue weighted by Gasteiger charge is 2.23. The summed E-state index contributed by atoms with van der Waals surface area (Å²) in [5.41, 5.74) is 0.811. The maximum Gasteiger partial charge on any atom is 0.263 e. The molecule has 0 radical (unpaired) electrons. The lowest BCUT2D eigenvalue weighted by molar-refractivity contribution is -0.138. The van der Waals surface area contributed by atoms with Gasteiger partial charge in [-0.1, -0.05) is 23.4 Å². The molecule has 0 aliphatic rings. The molecule has 1 aromatic heterocycles. The van der Waals surface area contributed by atoms with Gasteiger partial charge in [-0.2, -0.15) is 4.98 Å². The SMILES string of the molecule is CCN(Cc1nc(-c2ccc(OC)cc2)no1)C(=O)C(C)Oc1ccccc1. The van der Waals surface area contributed by atoms with Gasteiger partial charge >= 0.3 is 0 Å². The standard InChI is InChI=1S/C21H23N3O4/c1-4-24(21(25)15(2)27-18-8-6-5-7-9-18)14-19-22-20(23-28-19)16-10-12-17(26-3)13-11-16/h5-13,15H,4,14H2,1-3H3. The number of hydrogen-bond donors (Lipinski definition) is 0. The molecular weight excluding hydrogens is 358 g/mol. The molecule has 1 atom stereocenters. The van der Waals surface area contributed by atoms with Gasteiger partial charge in [-0.05, 0) is 50.2 Å². The van der Waals surface area contributed by atoms with E-state index in [2.05, 4.69) is 10.1 Å². The van der Waals surface area contributed by atoms with E-state index < -0.39 is 6.10 Å². The van der Waals surface area contributed by atoms with E-state index in [4.69, 9.17) is 14.0 Å². The van der Waals surface area contributed by atoms with Gasteiger partial charge in [-0.25, -0.2) is 0 Å². The van der Waals surface area contributed by atoms with Crippen LogP contribution in [0.15, 0.2) is 59.1 Å². The molecule has 1 unspecified atom stereocenters. The van der Waals surface area contributed by atoms with Crippen LogP contribution in [0, 0.1) is 0 Å². The van der Waals surface area contributed by atoms with Crippen molar-refractivity contribution in [1.29, 1.82) is 0 Å². The third kappa shape index (κ3) is 4.68. The van der Waals surface area contributed by atoms with Gasteiger partial charge < -0.3 is 18.9 Å². The number of carbonyl (C=O) groups excluding carboxylic acids is 1. The minimum atomic E-state index is -0.619. The maximum absolute atomic E-state index is 12.7. The fourth-order valence-electron chi connectivity index (χ4n) is 2.70. The van der Waals surface area contributed by atoms with E-state index in [0.717, 1.165) is 11.3 Å². The second-order valence-electron chi connectivity index (χ2n) is 6.17. The van der Waals surface area contributed by atoms with Crippen LogP contribution < -0.4 is 9.47 Å². The molecule has 1 heterocycles. The Labute approximate surface area is 163 Å². The molecule has 2 aromatic carbocycles. The lowest BCUT2D eigenvalue weighted by atomic mass is 10.2. The Bertz CT molecular complexity index is 894. The van der Waals surface area contributed by atoms with Crippen molar-refractivity contribution in [2.75, 3.05) is 13.7 Å². The summed E-state index contributed by atoms with van der Waals surface area (Å²) in [4.78, 5) is 18.7. The molecule has 1 amide bonds. The highest BCUT2D eigenvalue weighted by molar-refractivity contribution is 5.80. The van der Waals surface area contributed by atoms with E-state index in [1.54, 1.807) is 18.9 Å². The molecule has 3 rings (SSSR count). The first-order valence-corrected chi connectivity index (χ1v) is 9.08. The van der Waals surface area contributed by atoms with Crippen LogP contribution in [-0.4, -0.2) is 40.7 Å². The number of rotatable bonds is 8. The van der Waals surface area contributed by atoms with E-state index in [9.17, 15) is 4.79 Å². The number of carbonyl (C=O) groups is 1. The third-order valence-corrected chi connectivity index (χ3v) is 4.24. The van der Waals surface area contributed by atoms with E-state index >= 15 is 0 Å². The molecule has 0 saturated carbocycles. The van der Waals surface area contributed by atoms with Crippen LogP contribution in [-0.2, 0) is 11.3 Å². The van der Waals surface area contributed by atoms with Crippen LogP contribution in [0.5, 0.6) is 11.5 Å². The van der Waals surface area contributed by atoms with Gasteiger partial charge in [0.15, 0.2) is 6.10 Å². The zero-order valence-electron chi connectivity index (χ0n) is 16.2. The van der Waals surface area contributed by atoms with Crippen molar-refractivity contribution >= 4 is 5.91 Å². The fourth-order valence-corrected chi connectivity index (χ4v) is 2.70. The summed E-state index contributed by atoms with van der Waals surface area (Å²) in [6.07, 6.45) is -0.619. The second-order valence-corrected chi connectivity index (χ2v) is 6.17. The largest absolute Gasteiger partial charge is 0.497 e. The molecule has 0 bridgehead atoms. The number of benzene rings is 2. The summed E-state index contributed by atoms with van der Waals surface area (Å²) in [5.74, 6) is 2.10. The predicted molar refractivity (Wildman–Crippen MR) is 104 cm³/mol. The van der Waals surface area contributed by atoms with Gasteiger partial charge in [0.1, 0.15) is 18.0 Å². The Morgan fingerprint density at radius 1 is 1.11 bits per heavy atom. The summed E-state index contributed by atoms with van der Waals surface area (Å²) in [6, 6.07) is 16.6. The van der Waals surface area contributed by atoms with Crippen LogP contribution in [0.3, 0.4) is 0 Å². The highest BCUT2D eigenvalue weighted by Crippen LogP contribution is 2.20. The molecular formula is C21H23N3O4. The first-order chi connectivity index (χ1) is 13.6. The number of likely N-dealkylation sites (N-methyl/N-ethyl adjacent to an activating group) is 1. The second kappa shape index (κ2) is 9.03. The van der Waals surface area contributed by atoms with Crippen LogP contribution in [0.1, 0.15) is 19.7 Å². The Hall–Kier alpha value is -3.35. The summed E-state index contributed by atoms with van der Waals surface area (Å²) in [7, 11) is 1.61. The zero-order chi connectivity index (χ0) is 19.9. The number of amides is 1. The average molecular weight is 381 g/mol. The Morgan fingerprint density at radius 3 is 2.46 bits per heavy atom. The molecule has 0 N–H and O–H groups in total. The zero-order valence-corrected chi connectivity index (χ0v) is 16.2. The minimum Gasteiger partial charge on any atom is -0.497 e. The molecule has 0 aliphatic carbocycles. The number of nitrogens with zero attached hydrogens (tertiary/aromatic N) is 3. The van der Waals surface area contributed by atoms with Crippen LogP contribution in [0.4, 0.5) is 0 Å². The minimum absolute atomic E-state index is 0.143. The van der Waals surface area contributed by atoms with E-state index in [0.29, 0.717) is 24.0 Å². The van der Waals surface area contributed by atoms with E-state index in [1.807, 2.05) is 61.5 Å². The van der Waals surface area contributed by atoms with Crippen LogP contribution in [0.25, 0.3) is 11.4 Å². The molecule has 0 spiro atoms. The fraction of sp³-hybridized carbons (Fsp3) is 0.286. The molecule has 7 heteroatoms. The van der Waals surface area contributed by atoms with Gasteiger partial charge in [-0.15, -0.1) is 0 Å². The Morgan fingerprint density at radius 2 is 1.82 bits per heavy atom. The van der Waals surface area contributed by atoms with Crippen molar-refractivity contribution in [3.63, 3.8) is 0 Å². The molecule has 3 aromatic rings. The van der Waals surface area contributed by atoms with Gasteiger partial charge in [0.2, 0.25) is 11.7 Å². The molecule has 0 fully saturated rings. The quantitative estimate of drug-likeness (QED) is 0.594. The first-order valence-electron chi connectivity index (χ1n) is 9.08. The number of para-hydroxylation sites is 1. The predicted octanol–water partition coefficient (Wildman–Crippen LogP) is 3.56. The molecule has 146 valence electrons. The normalized spacial score (nSPS) is 11.7. The number of hydrogen-bond acceptors (Lipinski definition) is 6. The molecule has 7 nitrogen and oxygen atoms in total. The summed E-state index contributed by atoms with van der Waals surface area (Å²) >= 11 is 0. The smallest absolute Gasteiger partial charge is 0.263 e. The van der Waals surface area contributed by atoms with Gasteiger partial charge in [0.25, 0.3) is 5.91 Å².